The fourth-order valence-corrected chi connectivity index (χ4v) is 2.06. The molecule has 0 spiro atoms. The van der Waals surface area contributed by atoms with Gasteiger partial charge in [0, 0.05) is 26.0 Å². The maximum absolute atomic E-state index is 5.18. The van der Waals surface area contributed by atoms with Crippen molar-refractivity contribution in [3.05, 3.63) is 35.4 Å². The van der Waals surface area contributed by atoms with E-state index in [2.05, 4.69) is 35.5 Å². The number of benzene rings is 1. The molecule has 0 aliphatic heterocycles. The molecule has 92 valence electrons. The van der Waals surface area contributed by atoms with Crippen molar-refractivity contribution >= 4 is 11.8 Å². The monoisotopic (exact) mass is 249 g/mol. The van der Waals surface area contributed by atoms with Crippen LogP contribution in [0.2, 0.25) is 0 Å². The zero-order valence-electron chi connectivity index (χ0n) is 10.2. The fourth-order valence-electron chi connectivity index (χ4n) is 1.50. The summed E-state index contributed by atoms with van der Waals surface area (Å²) in [5, 5.41) is 3.40. The van der Waals surface area contributed by atoms with Gasteiger partial charge in [0.05, 0.1) is 12.4 Å². The lowest BCUT2D eigenvalue weighted by atomic mass is 10.1. The summed E-state index contributed by atoms with van der Waals surface area (Å²) in [5.74, 6) is 4.47. The number of rotatable bonds is 8. The molecule has 1 aromatic carbocycles. The summed E-state index contributed by atoms with van der Waals surface area (Å²) < 4.78 is 5.11. The SMILES string of the molecule is C#CCSCCNCc1cccc(COC)c1. The Bertz CT molecular complexity index is 359. The average Bonchev–Trinajstić information content (AvgIpc) is 2.35. The van der Waals surface area contributed by atoms with Gasteiger partial charge in [-0.2, -0.15) is 0 Å². The molecular formula is C14H19NOS. The van der Waals surface area contributed by atoms with Gasteiger partial charge in [0.2, 0.25) is 0 Å². The Morgan fingerprint density at radius 3 is 3.00 bits per heavy atom. The predicted octanol–water partition coefficient (Wildman–Crippen LogP) is 2.29. The van der Waals surface area contributed by atoms with Crippen LogP contribution >= 0.6 is 11.8 Å². The van der Waals surface area contributed by atoms with Crippen LogP contribution in [0.4, 0.5) is 0 Å². The first kappa shape index (κ1) is 14.1. The summed E-state index contributed by atoms with van der Waals surface area (Å²) in [4.78, 5) is 0. The Kier molecular flexibility index (Phi) is 7.57. The van der Waals surface area contributed by atoms with Crippen molar-refractivity contribution in [2.75, 3.05) is 25.2 Å². The third-order valence-electron chi connectivity index (χ3n) is 2.24. The topological polar surface area (TPSA) is 21.3 Å². The van der Waals surface area contributed by atoms with Crippen LogP contribution in [0.3, 0.4) is 0 Å². The standard InChI is InChI=1S/C14H19NOS/c1-3-8-17-9-7-15-11-13-5-4-6-14(10-13)12-16-2/h1,4-6,10,15H,7-9,11-12H2,2H3. The molecule has 2 nitrogen and oxygen atoms in total. The summed E-state index contributed by atoms with van der Waals surface area (Å²) in [5.41, 5.74) is 2.51. The Morgan fingerprint density at radius 1 is 1.41 bits per heavy atom. The van der Waals surface area contributed by atoms with Gasteiger partial charge in [0.15, 0.2) is 0 Å². The third kappa shape index (κ3) is 6.38. The third-order valence-corrected chi connectivity index (χ3v) is 3.10. The van der Waals surface area contributed by atoms with Crippen molar-refractivity contribution in [2.24, 2.45) is 0 Å². The van der Waals surface area contributed by atoms with Crippen molar-refractivity contribution in [3.63, 3.8) is 0 Å². The minimum atomic E-state index is 0.672. The molecule has 0 aliphatic rings. The van der Waals surface area contributed by atoms with E-state index in [-0.39, 0.29) is 0 Å². The first-order chi connectivity index (χ1) is 8.36. The van der Waals surface area contributed by atoms with E-state index in [4.69, 9.17) is 11.2 Å². The summed E-state index contributed by atoms with van der Waals surface area (Å²) >= 11 is 1.78. The molecule has 0 unspecified atom stereocenters. The molecule has 0 atom stereocenters. The van der Waals surface area contributed by atoms with Crippen molar-refractivity contribution in [3.8, 4) is 12.3 Å². The second-order valence-corrected chi connectivity index (χ2v) is 4.79. The highest BCUT2D eigenvalue weighted by Gasteiger charge is 1.95. The van der Waals surface area contributed by atoms with E-state index in [1.165, 1.54) is 11.1 Å². The second-order valence-electron chi connectivity index (χ2n) is 3.69. The number of hydrogen-bond donors (Lipinski definition) is 1. The van der Waals surface area contributed by atoms with E-state index in [1.54, 1.807) is 18.9 Å². The minimum Gasteiger partial charge on any atom is -0.380 e. The van der Waals surface area contributed by atoms with Gasteiger partial charge in [-0.1, -0.05) is 30.2 Å². The molecule has 1 rings (SSSR count). The lowest BCUT2D eigenvalue weighted by molar-refractivity contribution is 0.185. The molecular weight excluding hydrogens is 230 g/mol. The van der Waals surface area contributed by atoms with Crippen LogP contribution in [0.1, 0.15) is 11.1 Å². The van der Waals surface area contributed by atoms with Gasteiger partial charge in [-0.3, -0.25) is 0 Å². The van der Waals surface area contributed by atoms with Gasteiger partial charge in [-0.15, -0.1) is 18.2 Å². The molecule has 0 saturated heterocycles. The molecule has 3 heteroatoms. The molecule has 0 bridgehead atoms. The van der Waals surface area contributed by atoms with Crippen molar-refractivity contribution in [2.45, 2.75) is 13.2 Å². The number of nitrogens with one attached hydrogen (secondary N) is 1. The number of terminal acetylenes is 1. The molecule has 0 heterocycles. The summed E-state index contributed by atoms with van der Waals surface area (Å²) in [6.07, 6.45) is 5.18. The van der Waals surface area contributed by atoms with Gasteiger partial charge < -0.3 is 10.1 Å². The zero-order valence-corrected chi connectivity index (χ0v) is 11.1. The van der Waals surface area contributed by atoms with Gasteiger partial charge >= 0.3 is 0 Å². The molecule has 0 aliphatic carbocycles. The van der Waals surface area contributed by atoms with E-state index in [0.717, 1.165) is 24.6 Å². The minimum absolute atomic E-state index is 0.672. The maximum Gasteiger partial charge on any atom is 0.0713 e. The lowest BCUT2D eigenvalue weighted by Gasteiger charge is -2.06. The Balaban J connectivity index is 2.22. The molecule has 0 amide bonds. The van der Waals surface area contributed by atoms with Crippen molar-refractivity contribution in [1.82, 2.24) is 5.32 Å². The molecule has 17 heavy (non-hydrogen) atoms. The van der Waals surface area contributed by atoms with Gasteiger partial charge in [-0.05, 0) is 11.1 Å². The Morgan fingerprint density at radius 2 is 2.24 bits per heavy atom. The van der Waals surface area contributed by atoms with Crippen molar-refractivity contribution in [1.29, 1.82) is 0 Å². The Labute approximate surface area is 108 Å². The molecule has 0 radical (unpaired) electrons. The maximum atomic E-state index is 5.18. The average molecular weight is 249 g/mol. The highest BCUT2D eigenvalue weighted by molar-refractivity contribution is 7.99. The van der Waals surface area contributed by atoms with Gasteiger partial charge in [0.1, 0.15) is 0 Å². The fraction of sp³-hybridized carbons (Fsp3) is 0.429. The van der Waals surface area contributed by atoms with Gasteiger partial charge in [0.25, 0.3) is 0 Å². The molecule has 0 fully saturated rings. The van der Waals surface area contributed by atoms with Crippen molar-refractivity contribution < 1.29 is 4.74 Å². The van der Waals surface area contributed by atoms with E-state index < -0.39 is 0 Å². The first-order valence-corrected chi connectivity index (χ1v) is 6.81. The zero-order chi connectivity index (χ0) is 12.3. The van der Waals surface area contributed by atoms with E-state index >= 15 is 0 Å². The largest absolute Gasteiger partial charge is 0.380 e. The van der Waals surface area contributed by atoms with Crippen LogP contribution in [0.25, 0.3) is 0 Å². The van der Waals surface area contributed by atoms with Crippen LogP contribution in [0.5, 0.6) is 0 Å². The summed E-state index contributed by atoms with van der Waals surface area (Å²) in [6, 6.07) is 8.44. The summed E-state index contributed by atoms with van der Waals surface area (Å²) in [7, 11) is 1.72. The van der Waals surface area contributed by atoms with E-state index in [9.17, 15) is 0 Å². The summed E-state index contributed by atoms with van der Waals surface area (Å²) in [6.45, 7) is 2.56. The van der Waals surface area contributed by atoms with Crippen LogP contribution in [-0.2, 0) is 17.9 Å². The van der Waals surface area contributed by atoms with Crippen LogP contribution in [0, 0.1) is 12.3 Å². The van der Waals surface area contributed by atoms with E-state index in [1.807, 2.05) is 0 Å². The second kappa shape index (κ2) is 9.12. The van der Waals surface area contributed by atoms with E-state index in [0.29, 0.717) is 6.61 Å². The van der Waals surface area contributed by atoms with Crippen LogP contribution in [0.15, 0.2) is 24.3 Å². The molecule has 1 aromatic rings. The smallest absolute Gasteiger partial charge is 0.0713 e. The molecule has 0 saturated carbocycles. The number of thioether (sulfide) groups is 1. The highest BCUT2D eigenvalue weighted by atomic mass is 32.2. The lowest BCUT2D eigenvalue weighted by Crippen LogP contribution is -2.16. The van der Waals surface area contributed by atoms with Crippen LogP contribution < -0.4 is 5.32 Å². The number of hydrogen-bond acceptors (Lipinski definition) is 3. The highest BCUT2D eigenvalue weighted by Crippen LogP contribution is 2.06. The van der Waals surface area contributed by atoms with Crippen LogP contribution in [-0.4, -0.2) is 25.2 Å². The normalized spacial score (nSPS) is 10.1. The van der Waals surface area contributed by atoms with Gasteiger partial charge in [-0.25, -0.2) is 0 Å². The first-order valence-electron chi connectivity index (χ1n) is 5.65. The molecule has 1 N–H and O–H groups in total. The predicted molar refractivity (Wildman–Crippen MR) is 75.0 cm³/mol. The number of ether oxygens (including phenoxy) is 1. The number of methoxy groups -OCH3 is 1. The Hall–Kier alpha value is -0.950. The molecule has 0 aromatic heterocycles. The quantitative estimate of drug-likeness (QED) is 0.564.